The average molecular weight is 516 g/mol. The number of fused-ring (bicyclic) bond motifs is 1. The fraction of sp³-hybridized carbons (Fsp3) is 0.241. The number of nitrogens with zero attached hydrogens (tertiary/aromatic N) is 3. The third kappa shape index (κ3) is 5.70. The molecule has 7 nitrogen and oxygen atoms in total. The van der Waals surface area contributed by atoms with Crippen LogP contribution in [0.5, 0.6) is 5.75 Å². The predicted molar refractivity (Wildman–Crippen MR) is 143 cm³/mol. The Hall–Kier alpha value is -4.58. The number of pyridine rings is 2. The van der Waals surface area contributed by atoms with Gasteiger partial charge in [-0.05, 0) is 31.0 Å². The van der Waals surface area contributed by atoms with Gasteiger partial charge in [0.05, 0.1) is 36.2 Å². The minimum Gasteiger partial charge on any atom is -0.493 e. The van der Waals surface area contributed by atoms with Gasteiger partial charge in [0.2, 0.25) is 5.91 Å². The van der Waals surface area contributed by atoms with Crippen LogP contribution in [0.15, 0.2) is 67.0 Å². The van der Waals surface area contributed by atoms with Gasteiger partial charge in [-0.1, -0.05) is 49.4 Å². The van der Waals surface area contributed by atoms with E-state index in [-0.39, 0.29) is 5.56 Å². The first-order chi connectivity index (χ1) is 18.5. The van der Waals surface area contributed by atoms with Gasteiger partial charge in [-0.3, -0.25) is 9.78 Å². The number of carbonyl (C=O) groups excluding carboxylic acids is 1. The van der Waals surface area contributed by atoms with Gasteiger partial charge in [0.1, 0.15) is 23.4 Å². The van der Waals surface area contributed by atoms with Gasteiger partial charge in [0.25, 0.3) is 6.43 Å². The molecule has 0 fully saturated rings. The number of hydrogen-bond acceptors (Lipinski definition) is 6. The molecule has 0 aliphatic rings. The van der Waals surface area contributed by atoms with Crippen LogP contribution in [-0.4, -0.2) is 41.5 Å². The molecule has 2 aromatic carbocycles. The van der Waals surface area contributed by atoms with Gasteiger partial charge in [-0.25, -0.2) is 13.8 Å². The maximum atomic E-state index is 12.7. The third-order valence-corrected chi connectivity index (χ3v) is 6.03. The first kappa shape index (κ1) is 26.5. The zero-order chi connectivity index (χ0) is 27.1. The number of nitrogens with one attached hydrogen (secondary N) is 2. The number of carbonyl (C=O) groups is 1. The van der Waals surface area contributed by atoms with Crippen LogP contribution in [0.4, 0.5) is 14.5 Å². The van der Waals surface area contributed by atoms with Crippen LogP contribution in [0, 0.1) is 11.3 Å². The van der Waals surface area contributed by atoms with Gasteiger partial charge in [0.15, 0.2) is 0 Å². The van der Waals surface area contributed by atoms with Gasteiger partial charge < -0.3 is 15.4 Å². The quantitative estimate of drug-likeness (QED) is 0.277. The lowest BCUT2D eigenvalue weighted by Gasteiger charge is -2.21. The molecule has 0 aliphatic heterocycles. The maximum Gasteiger partial charge on any atom is 0.255 e. The molecule has 2 aromatic heterocycles. The Morgan fingerprint density at radius 1 is 1.08 bits per heavy atom. The van der Waals surface area contributed by atoms with Crippen molar-refractivity contribution in [3.05, 3.63) is 72.6 Å². The van der Waals surface area contributed by atoms with Crippen molar-refractivity contribution >= 4 is 22.5 Å². The van der Waals surface area contributed by atoms with Crippen LogP contribution in [-0.2, 0) is 4.79 Å². The number of halogens is 2. The molecule has 0 bridgehead atoms. The van der Waals surface area contributed by atoms with E-state index in [0.717, 1.165) is 16.9 Å². The van der Waals surface area contributed by atoms with E-state index in [1.54, 1.807) is 25.4 Å². The maximum absolute atomic E-state index is 12.7. The average Bonchev–Trinajstić information content (AvgIpc) is 2.94. The molecule has 4 aromatic rings. The van der Waals surface area contributed by atoms with Crippen molar-refractivity contribution in [3.8, 4) is 34.2 Å². The molecule has 38 heavy (non-hydrogen) atoms. The molecule has 0 radical (unpaired) electrons. The SMILES string of the molecule is CCOc1ccccc1-c1ccc(-c2nc3cnccc3c(N[C@H](CC)C(=O)NCC(F)F)c2C#N)cc1. The number of benzene rings is 2. The summed E-state index contributed by atoms with van der Waals surface area (Å²) in [6.45, 7) is 3.49. The first-order valence-corrected chi connectivity index (χ1v) is 12.3. The summed E-state index contributed by atoms with van der Waals surface area (Å²) >= 11 is 0. The Kier molecular flexibility index (Phi) is 8.44. The van der Waals surface area contributed by atoms with Crippen molar-refractivity contribution in [2.45, 2.75) is 32.7 Å². The molecule has 194 valence electrons. The number of hydrogen-bond donors (Lipinski definition) is 2. The summed E-state index contributed by atoms with van der Waals surface area (Å²) in [6.07, 6.45) is 0.806. The van der Waals surface area contributed by atoms with E-state index >= 15 is 0 Å². The van der Waals surface area contributed by atoms with E-state index in [1.807, 2.05) is 55.5 Å². The van der Waals surface area contributed by atoms with Crippen LogP contribution in [0.25, 0.3) is 33.3 Å². The summed E-state index contributed by atoms with van der Waals surface area (Å²) < 4.78 is 31.1. The normalized spacial score (nSPS) is 11.7. The Bertz CT molecular complexity index is 1470. The molecule has 1 amide bonds. The Morgan fingerprint density at radius 3 is 2.50 bits per heavy atom. The second-order valence-electron chi connectivity index (χ2n) is 8.46. The topological polar surface area (TPSA) is 99.9 Å². The molecule has 2 heterocycles. The summed E-state index contributed by atoms with van der Waals surface area (Å²) in [5.41, 5.74) is 4.17. The number of amides is 1. The number of para-hydroxylation sites is 1. The van der Waals surface area contributed by atoms with Gasteiger partial charge in [0, 0.05) is 22.7 Å². The number of ether oxygens (including phenoxy) is 1. The zero-order valence-corrected chi connectivity index (χ0v) is 21.0. The van der Waals surface area contributed by atoms with Gasteiger partial charge >= 0.3 is 0 Å². The van der Waals surface area contributed by atoms with E-state index in [0.29, 0.717) is 40.9 Å². The zero-order valence-electron chi connectivity index (χ0n) is 21.0. The minimum absolute atomic E-state index is 0.242. The molecule has 0 spiro atoms. The van der Waals surface area contributed by atoms with Crippen molar-refractivity contribution in [2.75, 3.05) is 18.5 Å². The predicted octanol–water partition coefficient (Wildman–Crippen LogP) is 5.81. The number of aromatic nitrogens is 2. The Labute approximate surface area is 219 Å². The standard InChI is InChI=1S/C29H27F2N5O2/c1-3-23(29(37)34-17-26(30)31)35-28-21-13-14-33-16-24(21)36-27(22(28)15-32)19-11-9-18(10-12-19)20-7-5-6-8-25(20)38-4-2/h5-14,16,23,26H,3-4,17H2,1-2H3,(H,34,37)(H,35,36)/t23-/m1/s1. The molecule has 4 rings (SSSR count). The summed E-state index contributed by atoms with van der Waals surface area (Å²) in [5, 5.41) is 16.2. The molecule has 0 aliphatic carbocycles. The van der Waals surface area contributed by atoms with Crippen molar-refractivity contribution in [3.63, 3.8) is 0 Å². The molecule has 2 N–H and O–H groups in total. The molecule has 1 atom stereocenters. The first-order valence-electron chi connectivity index (χ1n) is 12.3. The molecule has 0 unspecified atom stereocenters. The number of nitriles is 1. The highest BCUT2D eigenvalue weighted by Gasteiger charge is 2.23. The second-order valence-corrected chi connectivity index (χ2v) is 8.46. The van der Waals surface area contributed by atoms with Crippen molar-refractivity contribution in [2.24, 2.45) is 0 Å². The van der Waals surface area contributed by atoms with Crippen LogP contribution in [0.2, 0.25) is 0 Å². The Balaban J connectivity index is 1.77. The highest BCUT2D eigenvalue weighted by Crippen LogP contribution is 2.36. The van der Waals surface area contributed by atoms with Crippen molar-refractivity contribution < 1.29 is 18.3 Å². The van der Waals surface area contributed by atoms with Crippen LogP contribution in [0.3, 0.4) is 0 Å². The van der Waals surface area contributed by atoms with E-state index in [9.17, 15) is 18.8 Å². The van der Waals surface area contributed by atoms with Crippen molar-refractivity contribution in [1.29, 1.82) is 5.26 Å². The van der Waals surface area contributed by atoms with Crippen LogP contribution in [0.1, 0.15) is 25.8 Å². The summed E-state index contributed by atoms with van der Waals surface area (Å²) in [5.74, 6) is 0.201. The molecule has 0 saturated heterocycles. The summed E-state index contributed by atoms with van der Waals surface area (Å²) in [6, 6.07) is 18.5. The minimum atomic E-state index is -2.66. The lowest BCUT2D eigenvalue weighted by atomic mass is 9.98. The smallest absolute Gasteiger partial charge is 0.255 e. The lowest BCUT2D eigenvalue weighted by Crippen LogP contribution is -2.41. The van der Waals surface area contributed by atoms with E-state index < -0.39 is 24.9 Å². The highest BCUT2D eigenvalue weighted by atomic mass is 19.3. The molecular weight excluding hydrogens is 488 g/mol. The third-order valence-electron chi connectivity index (χ3n) is 6.03. The van der Waals surface area contributed by atoms with Crippen LogP contribution >= 0.6 is 0 Å². The molecule has 0 saturated carbocycles. The van der Waals surface area contributed by atoms with Crippen molar-refractivity contribution in [1.82, 2.24) is 15.3 Å². The highest BCUT2D eigenvalue weighted by molar-refractivity contribution is 5.99. The molecular formula is C29H27F2N5O2. The lowest BCUT2D eigenvalue weighted by molar-refractivity contribution is -0.122. The van der Waals surface area contributed by atoms with Gasteiger partial charge in [-0.2, -0.15) is 5.26 Å². The van der Waals surface area contributed by atoms with E-state index in [4.69, 9.17) is 9.72 Å². The van der Waals surface area contributed by atoms with E-state index in [2.05, 4.69) is 21.7 Å². The summed E-state index contributed by atoms with van der Waals surface area (Å²) in [7, 11) is 0. The van der Waals surface area contributed by atoms with Gasteiger partial charge in [-0.15, -0.1) is 0 Å². The largest absolute Gasteiger partial charge is 0.493 e. The number of anilines is 1. The monoisotopic (exact) mass is 515 g/mol. The Morgan fingerprint density at radius 2 is 1.82 bits per heavy atom. The fourth-order valence-electron chi connectivity index (χ4n) is 4.21. The fourth-order valence-corrected chi connectivity index (χ4v) is 4.21. The number of alkyl halides is 2. The molecule has 9 heteroatoms. The number of rotatable bonds is 10. The van der Waals surface area contributed by atoms with Crippen LogP contribution < -0.4 is 15.4 Å². The second kappa shape index (κ2) is 12.1. The summed E-state index contributed by atoms with van der Waals surface area (Å²) in [4.78, 5) is 21.5. The van der Waals surface area contributed by atoms with E-state index in [1.165, 1.54) is 0 Å².